The van der Waals surface area contributed by atoms with Crippen molar-refractivity contribution in [3.05, 3.63) is 48.5 Å². The Morgan fingerprint density at radius 3 is 2.28 bits per heavy atom. The molecule has 9 heteroatoms. The molecule has 6 nitrogen and oxygen atoms in total. The fraction of sp³-hybridized carbons (Fsp3) is 0.300. The van der Waals surface area contributed by atoms with E-state index in [-0.39, 0.29) is 23.5 Å². The summed E-state index contributed by atoms with van der Waals surface area (Å²) < 4.78 is 40.3. The van der Waals surface area contributed by atoms with Gasteiger partial charge in [0.2, 0.25) is 11.8 Å². The molecule has 1 fully saturated rings. The van der Waals surface area contributed by atoms with Gasteiger partial charge in [-0.05, 0) is 62.2 Å². The third kappa shape index (κ3) is 6.41. The standard InChI is InChI=1S/C20H20F3N3O3/c1-12(18(27)25-14-7-9-17(10-8-14)29-20(21,22)23)24-15-3-2-4-16(11-15)26-19(28)13-5-6-13/h2-4,7-13,24H,5-6H2,1H3,(H,25,27)(H,26,28). The van der Waals surface area contributed by atoms with Crippen LogP contribution in [0.3, 0.4) is 0 Å². The zero-order chi connectivity index (χ0) is 21.0. The van der Waals surface area contributed by atoms with E-state index in [1.165, 1.54) is 12.1 Å². The number of ether oxygens (including phenoxy) is 1. The zero-order valence-corrected chi connectivity index (χ0v) is 15.5. The second kappa shape index (κ2) is 8.42. The Morgan fingerprint density at radius 2 is 1.66 bits per heavy atom. The third-order valence-electron chi connectivity index (χ3n) is 4.21. The van der Waals surface area contributed by atoms with Crippen LogP contribution in [0.5, 0.6) is 5.75 Å². The molecule has 2 amide bonds. The highest BCUT2D eigenvalue weighted by atomic mass is 19.4. The molecule has 0 aliphatic heterocycles. The van der Waals surface area contributed by atoms with Gasteiger partial charge >= 0.3 is 6.36 Å². The van der Waals surface area contributed by atoms with Gasteiger partial charge in [0, 0.05) is 23.0 Å². The maximum Gasteiger partial charge on any atom is 0.573 e. The maximum absolute atomic E-state index is 12.3. The van der Waals surface area contributed by atoms with Gasteiger partial charge in [-0.15, -0.1) is 13.2 Å². The van der Waals surface area contributed by atoms with Crippen molar-refractivity contribution in [3.8, 4) is 5.75 Å². The van der Waals surface area contributed by atoms with Gasteiger partial charge in [0.05, 0.1) is 0 Å². The van der Waals surface area contributed by atoms with Gasteiger partial charge in [0.25, 0.3) is 0 Å². The van der Waals surface area contributed by atoms with E-state index in [1.54, 1.807) is 31.2 Å². The lowest BCUT2D eigenvalue weighted by atomic mass is 10.2. The zero-order valence-electron chi connectivity index (χ0n) is 15.5. The summed E-state index contributed by atoms with van der Waals surface area (Å²) in [6, 6.07) is 11.3. The molecule has 0 bridgehead atoms. The molecule has 0 radical (unpaired) electrons. The normalized spacial score (nSPS) is 14.6. The molecule has 3 N–H and O–H groups in total. The van der Waals surface area contributed by atoms with Gasteiger partial charge in [-0.3, -0.25) is 9.59 Å². The predicted octanol–water partition coefficient (Wildman–Crippen LogP) is 4.37. The van der Waals surface area contributed by atoms with Crippen LogP contribution in [-0.2, 0) is 9.59 Å². The van der Waals surface area contributed by atoms with E-state index in [0.29, 0.717) is 17.1 Å². The van der Waals surface area contributed by atoms with Crippen LogP contribution >= 0.6 is 0 Å². The first-order valence-corrected chi connectivity index (χ1v) is 9.04. The first-order chi connectivity index (χ1) is 13.7. The number of halogens is 3. The highest BCUT2D eigenvalue weighted by Crippen LogP contribution is 2.30. The van der Waals surface area contributed by atoms with Crippen LogP contribution in [0.2, 0.25) is 0 Å². The molecule has 0 spiro atoms. The van der Waals surface area contributed by atoms with E-state index in [4.69, 9.17) is 0 Å². The molecule has 1 unspecified atom stereocenters. The second-order valence-corrected chi connectivity index (χ2v) is 6.77. The van der Waals surface area contributed by atoms with Crippen molar-refractivity contribution < 1.29 is 27.5 Å². The van der Waals surface area contributed by atoms with Crippen LogP contribution < -0.4 is 20.7 Å². The van der Waals surface area contributed by atoms with Gasteiger partial charge in [-0.25, -0.2) is 0 Å². The molecular formula is C20H20F3N3O3. The van der Waals surface area contributed by atoms with Gasteiger partial charge in [0.1, 0.15) is 11.8 Å². The Morgan fingerprint density at radius 1 is 1.00 bits per heavy atom. The Bertz CT molecular complexity index is 881. The molecule has 1 aliphatic rings. The average Bonchev–Trinajstić information content (AvgIpc) is 3.47. The minimum atomic E-state index is -4.77. The monoisotopic (exact) mass is 407 g/mol. The summed E-state index contributed by atoms with van der Waals surface area (Å²) in [6.45, 7) is 1.64. The number of anilines is 3. The van der Waals surface area contributed by atoms with E-state index in [9.17, 15) is 22.8 Å². The minimum Gasteiger partial charge on any atom is -0.406 e. The number of alkyl halides is 3. The van der Waals surface area contributed by atoms with Crippen LogP contribution in [0.4, 0.5) is 30.2 Å². The number of amides is 2. The summed E-state index contributed by atoms with van der Waals surface area (Å²) in [5.74, 6) is -0.663. The van der Waals surface area contributed by atoms with E-state index in [2.05, 4.69) is 20.7 Å². The fourth-order valence-corrected chi connectivity index (χ4v) is 2.58. The molecule has 1 aliphatic carbocycles. The summed E-state index contributed by atoms with van der Waals surface area (Å²) in [7, 11) is 0. The SMILES string of the molecule is CC(Nc1cccc(NC(=O)C2CC2)c1)C(=O)Nc1ccc(OC(F)(F)F)cc1. The highest BCUT2D eigenvalue weighted by molar-refractivity contribution is 5.97. The predicted molar refractivity (Wildman–Crippen MR) is 103 cm³/mol. The molecular weight excluding hydrogens is 387 g/mol. The van der Waals surface area contributed by atoms with Crippen LogP contribution in [0.1, 0.15) is 19.8 Å². The summed E-state index contributed by atoms with van der Waals surface area (Å²) in [5, 5.41) is 8.48. The van der Waals surface area contributed by atoms with E-state index in [1.807, 2.05) is 0 Å². The Kier molecular flexibility index (Phi) is 5.95. The molecule has 2 aromatic carbocycles. The van der Waals surface area contributed by atoms with Crippen molar-refractivity contribution >= 4 is 28.9 Å². The summed E-state index contributed by atoms with van der Waals surface area (Å²) in [6.07, 6.45) is -2.95. The van der Waals surface area contributed by atoms with Crippen LogP contribution in [-0.4, -0.2) is 24.2 Å². The fourth-order valence-electron chi connectivity index (χ4n) is 2.58. The molecule has 1 saturated carbocycles. The van der Waals surface area contributed by atoms with Crippen molar-refractivity contribution in [1.82, 2.24) is 0 Å². The van der Waals surface area contributed by atoms with Crippen LogP contribution in [0.25, 0.3) is 0 Å². The van der Waals surface area contributed by atoms with Gasteiger partial charge < -0.3 is 20.7 Å². The molecule has 29 heavy (non-hydrogen) atoms. The average molecular weight is 407 g/mol. The molecule has 154 valence electrons. The number of carbonyl (C=O) groups is 2. The van der Waals surface area contributed by atoms with Gasteiger partial charge in [0.15, 0.2) is 0 Å². The quantitative estimate of drug-likeness (QED) is 0.637. The first-order valence-electron chi connectivity index (χ1n) is 9.04. The molecule has 2 aromatic rings. The van der Waals surface area contributed by atoms with Crippen molar-refractivity contribution in [1.29, 1.82) is 0 Å². The summed E-state index contributed by atoms with van der Waals surface area (Å²) >= 11 is 0. The topological polar surface area (TPSA) is 79.5 Å². The maximum atomic E-state index is 12.3. The van der Waals surface area contributed by atoms with Crippen molar-refractivity contribution in [3.63, 3.8) is 0 Å². The van der Waals surface area contributed by atoms with Crippen molar-refractivity contribution in [2.45, 2.75) is 32.2 Å². The number of carbonyl (C=O) groups excluding carboxylic acids is 2. The first kappa shape index (κ1) is 20.5. The number of hydrogen-bond donors (Lipinski definition) is 3. The van der Waals surface area contributed by atoms with E-state index < -0.39 is 12.4 Å². The van der Waals surface area contributed by atoms with Crippen molar-refractivity contribution in [2.75, 3.05) is 16.0 Å². The number of rotatable bonds is 7. The molecule has 1 atom stereocenters. The van der Waals surface area contributed by atoms with E-state index in [0.717, 1.165) is 25.0 Å². The largest absolute Gasteiger partial charge is 0.573 e. The third-order valence-corrected chi connectivity index (χ3v) is 4.21. The molecule has 3 rings (SSSR count). The molecule has 0 saturated heterocycles. The second-order valence-electron chi connectivity index (χ2n) is 6.77. The number of nitrogens with one attached hydrogen (secondary N) is 3. The van der Waals surface area contributed by atoms with Crippen LogP contribution in [0, 0.1) is 5.92 Å². The summed E-state index contributed by atoms with van der Waals surface area (Å²) in [4.78, 5) is 24.2. The lowest BCUT2D eigenvalue weighted by Crippen LogP contribution is -2.31. The lowest BCUT2D eigenvalue weighted by Gasteiger charge is -2.16. The lowest BCUT2D eigenvalue weighted by molar-refractivity contribution is -0.274. The minimum absolute atomic E-state index is 0.00843. The highest BCUT2D eigenvalue weighted by Gasteiger charge is 2.31. The smallest absolute Gasteiger partial charge is 0.406 e. The van der Waals surface area contributed by atoms with E-state index >= 15 is 0 Å². The van der Waals surface area contributed by atoms with Gasteiger partial charge in [-0.2, -0.15) is 0 Å². The molecule has 0 heterocycles. The van der Waals surface area contributed by atoms with Crippen molar-refractivity contribution in [2.24, 2.45) is 5.92 Å². The Labute approximate surface area is 165 Å². The Balaban J connectivity index is 1.54. The number of hydrogen-bond acceptors (Lipinski definition) is 4. The number of benzene rings is 2. The van der Waals surface area contributed by atoms with Crippen LogP contribution in [0.15, 0.2) is 48.5 Å². The molecule has 0 aromatic heterocycles. The summed E-state index contributed by atoms with van der Waals surface area (Å²) in [5.41, 5.74) is 1.62. The van der Waals surface area contributed by atoms with Gasteiger partial charge in [-0.1, -0.05) is 6.07 Å². The Hall–Kier alpha value is -3.23.